The van der Waals surface area contributed by atoms with E-state index < -0.39 is 15.8 Å². The quantitative estimate of drug-likeness (QED) is 0.891. The van der Waals surface area contributed by atoms with E-state index in [2.05, 4.69) is 10.2 Å². The molecule has 2 aliphatic heterocycles. The summed E-state index contributed by atoms with van der Waals surface area (Å²) < 4.78 is 39.9. The lowest BCUT2D eigenvalue weighted by Gasteiger charge is -2.32. The van der Waals surface area contributed by atoms with Gasteiger partial charge in [0.05, 0.1) is 5.02 Å². The van der Waals surface area contributed by atoms with Crippen molar-refractivity contribution < 1.29 is 12.8 Å². The second kappa shape index (κ2) is 6.41. The molecular formula is C14H19ClFN3O2S. The Morgan fingerprint density at radius 1 is 1.23 bits per heavy atom. The van der Waals surface area contributed by atoms with E-state index >= 15 is 0 Å². The first-order chi connectivity index (χ1) is 10.5. The topological polar surface area (TPSA) is 52.7 Å². The van der Waals surface area contributed by atoms with Crippen molar-refractivity contribution in [2.75, 3.05) is 39.3 Å². The van der Waals surface area contributed by atoms with Crippen LogP contribution in [0.15, 0.2) is 23.1 Å². The molecule has 1 N–H and O–H groups in total. The first-order valence-electron chi connectivity index (χ1n) is 7.38. The molecule has 1 atom stereocenters. The molecule has 0 radical (unpaired) electrons. The third-order valence-corrected chi connectivity index (χ3v) is 6.65. The summed E-state index contributed by atoms with van der Waals surface area (Å²) in [6.45, 7) is 4.70. The zero-order valence-electron chi connectivity index (χ0n) is 12.1. The average molecular weight is 348 g/mol. The van der Waals surface area contributed by atoms with E-state index in [0.717, 1.165) is 44.7 Å². The van der Waals surface area contributed by atoms with Crippen molar-refractivity contribution in [2.45, 2.75) is 17.4 Å². The maximum Gasteiger partial charge on any atom is 0.244 e. The van der Waals surface area contributed by atoms with E-state index in [1.54, 1.807) is 0 Å². The zero-order chi connectivity index (χ0) is 15.7. The standard InChI is InChI=1S/C14H19ClFN3O2S/c15-13-9-11(16)1-2-14(13)22(20,21)19-6-3-12(10-19)18-7-4-17-5-8-18/h1-2,9,12,17H,3-8,10H2. The number of benzene rings is 1. The van der Waals surface area contributed by atoms with Crippen LogP contribution in [0.25, 0.3) is 0 Å². The highest BCUT2D eigenvalue weighted by atomic mass is 35.5. The van der Waals surface area contributed by atoms with E-state index in [9.17, 15) is 12.8 Å². The lowest BCUT2D eigenvalue weighted by molar-refractivity contribution is 0.179. The minimum Gasteiger partial charge on any atom is -0.314 e. The van der Waals surface area contributed by atoms with Crippen LogP contribution in [-0.4, -0.2) is 62.9 Å². The van der Waals surface area contributed by atoms with Crippen molar-refractivity contribution >= 4 is 21.6 Å². The minimum absolute atomic E-state index is 0.0171. The van der Waals surface area contributed by atoms with Gasteiger partial charge in [-0.3, -0.25) is 4.90 Å². The minimum atomic E-state index is -3.67. The monoisotopic (exact) mass is 347 g/mol. The lowest BCUT2D eigenvalue weighted by Crippen LogP contribution is -2.49. The van der Waals surface area contributed by atoms with Crippen LogP contribution in [0.2, 0.25) is 5.02 Å². The van der Waals surface area contributed by atoms with Crippen LogP contribution >= 0.6 is 11.6 Å². The number of hydrogen-bond acceptors (Lipinski definition) is 4. The van der Waals surface area contributed by atoms with Crippen LogP contribution in [0.3, 0.4) is 0 Å². The molecule has 3 rings (SSSR count). The second-order valence-electron chi connectivity index (χ2n) is 5.67. The summed E-state index contributed by atoms with van der Waals surface area (Å²) in [5, 5.41) is 3.23. The van der Waals surface area contributed by atoms with Crippen LogP contribution in [0.1, 0.15) is 6.42 Å². The number of rotatable bonds is 3. The number of nitrogens with one attached hydrogen (secondary N) is 1. The molecule has 0 saturated carbocycles. The Hall–Kier alpha value is -0.730. The molecule has 0 aliphatic carbocycles. The van der Waals surface area contributed by atoms with Gasteiger partial charge in [0.25, 0.3) is 0 Å². The average Bonchev–Trinajstić information content (AvgIpc) is 2.98. The molecule has 1 aromatic rings. The van der Waals surface area contributed by atoms with Gasteiger partial charge in [0, 0.05) is 45.3 Å². The normalized spacial score (nSPS) is 24.7. The molecule has 8 heteroatoms. The number of piperazine rings is 1. The fraction of sp³-hybridized carbons (Fsp3) is 0.571. The van der Waals surface area contributed by atoms with Gasteiger partial charge < -0.3 is 5.32 Å². The highest BCUT2D eigenvalue weighted by Crippen LogP contribution is 2.28. The van der Waals surface area contributed by atoms with Gasteiger partial charge in [-0.05, 0) is 24.6 Å². The van der Waals surface area contributed by atoms with E-state index in [1.807, 2.05) is 0 Å². The highest BCUT2D eigenvalue weighted by molar-refractivity contribution is 7.89. The van der Waals surface area contributed by atoms with Crippen LogP contribution < -0.4 is 5.32 Å². The van der Waals surface area contributed by atoms with Gasteiger partial charge in [-0.15, -0.1) is 0 Å². The fourth-order valence-electron chi connectivity index (χ4n) is 3.10. The molecule has 2 aliphatic rings. The molecule has 2 heterocycles. The summed E-state index contributed by atoms with van der Waals surface area (Å²) >= 11 is 5.91. The second-order valence-corrected chi connectivity index (χ2v) is 7.98. The van der Waals surface area contributed by atoms with E-state index in [-0.39, 0.29) is 16.0 Å². The summed E-state index contributed by atoms with van der Waals surface area (Å²) in [6.07, 6.45) is 0.818. The zero-order valence-corrected chi connectivity index (χ0v) is 13.7. The molecule has 1 unspecified atom stereocenters. The van der Waals surface area contributed by atoms with Crippen molar-refractivity contribution in [1.29, 1.82) is 0 Å². The third-order valence-electron chi connectivity index (χ3n) is 4.31. The SMILES string of the molecule is O=S(=O)(c1ccc(F)cc1Cl)N1CCC(N2CCNCC2)C1. The van der Waals surface area contributed by atoms with Crippen molar-refractivity contribution in [3.8, 4) is 0 Å². The number of hydrogen-bond donors (Lipinski definition) is 1. The summed E-state index contributed by atoms with van der Waals surface area (Å²) in [5.41, 5.74) is 0. The molecule has 5 nitrogen and oxygen atoms in total. The fourth-order valence-corrected chi connectivity index (χ4v) is 5.10. The van der Waals surface area contributed by atoms with Crippen LogP contribution in [0.4, 0.5) is 4.39 Å². The summed E-state index contributed by atoms with van der Waals surface area (Å²) in [6, 6.07) is 3.66. The third kappa shape index (κ3) is 3.14. The Labute approximate surface area is 135 Å². The Balaban J connectivity index is 1.76. The van der Waals surface area contributed by atoms with Crippen molar-refractivity contribution in [2.24, 2.45) is 0 Å². The van der Waals surface area contributed by atoms with Crippen LogP contribution in [-0.2, 0) is 10.0 Å². The molecule has 22 heavy (non-hydrogen) atoms. The maximum absolute atomic E-state index is 13.1. The van der Waals surface area contributed by atoms with Gasteiger partial charge in [-0.1, -0.05) is 11.6 Å². The van der Waals surface area contributed by atoms with Crippen molar-refractivity contribution in [3.05, 3.63) is 29.0 Å². The molecule has 0 aromatic heterocycles. The number of halogens is 2. The van der Waals surface area contributed by atoms with E-state index in [1.165, 1.54) is 10.4 Å². The van der Waals surface area contributed by atoms with E-state index in [0.29, 0.717) is 13.1 Å². The number of sulfonamides is 1. The predicted octanol–water partition coefficient (Wildman–Crippen LogP) is 1.15. The molecule has 2 saturated heterocycles. The molecule has 0 bridgehead atoms. The van der Waals surface area contributed by atoms with Gasteiger partial charge in [-0.2, -0.15) is 4.31 Å². The Kier molecular flexibility index (Phi) is 4.70. The first-order valence-corrected chi connectivity index (χ1v) is 9.20. The predicted molar refractivity (Wildman–Crippen MR) is 83.0 cm³/mol. The molecule has 0 amide bonds. The molecule has 1 aromatic carbocycles. The lowest BCUT2D eigenvalue weighted by atomic mass is 10.2. The maximum atomic E-state index is 13.1. The van der Waals surface area contributed by atoms with Gasteiger partial charge >= 0.3 is 0 Å². The first kappa shape index (κ1) is 16.1. The summed E-state index contributed by atoms with van der Waals surface area (Å²) in [4.78, 5) is 2.31. The van der Waals surface area contributed by atoms with Crippen LogP contribution in [0.5, 0.6) is 0 Å². The van der Waals surface area contributed by atoms with Gasteiger partial charge in [0.2, 0.25) is 10.0 Å². The smallest absolute Gasteiger partial charge is 0.244 e. The molecule has 0 spiro atoms. The molecule has 122 valence electrons. The molecular weight excluding hydrogens is 329 g/mol. The summed E-state index contributed by atoms with van der Waals surface area (Å²) in [7, 11) is -3.67. The largest absolute Gasteiger partial charge is 0.314 e. The van der Waals surface area contributed by atoms with Crippen LogP contribution in [0, 0.1) is 5.82 Å². The van der Waals surface area contributed by atoms with Crippen molar-refractivity contribution in [1.82, 2.24) is 14.5 Å². The van der Waals surface area contributed by atoms with Crippen molar-refractivity contribution in [3.63, 3.8) is 0 Å². The Morgan fingerprint density at radius 2 is 1.95 bits per heavy atom. The highest BCUT2D eigenvalue weighted by Gasteiger charge is 2.36. The molecule has 2 fully saturated rings. The van der Waals surface area contributed by atoms with E-state index in [4.69, 9.17) is 11.6 Å². The van der Waals surface area contributed by atoms with Gasteiger partial charge in [-0.25, -0.2) is 12.8 Å². The number of nitrogens with zero attached hydrogens (tertiary/aromatic N) is 2. The van der Waals surface area contributed by atoms with Gasteiger partial charge in [0.15, 0.2) is 0 Å². The van der Waals surface area contributed by atoms with Gasteiger partial charge in [0.1, 0.15) is 10.7 Å². The Morgan fingerprint density at radius 3 is 2.64 bits per heavy atom. The Bertz CT molecular complexity index is 649. The summed E-state index contributed by atoms with van der Waals surface area (Å²) in [5.74, 6) is -0.538.